The molecule has 4 heterocycles. The van der Waals surface area contributed by atoms with Crippen LogP contribution in [0.1, 0.15) is 31.8 Å². The maximum atomic E-state index is 13.0. The molecule has 0 unspecified atom stereocenters. The molecule has 0 bridgehead atoms. The fraction of sp³-hybridized carbons (Fsp3) is 0.135. The Labute approximate surface area is 276 Å². The van der Waals surface area contributed by atoms with Crippen LogP contribution in [0.2, 0.25) is 0 Å². The van der Waals surface area contributed by atoms with Crippen LogP contribution in [-0.2, 0) is 6.54 Å². The van der Waals surface area contributed by atoms with Crippen LogP contribution >= 0.6 is 0 Å². The Morgan fingerprint density at radius 3 is 2.48 bits per heavy atom. The molecule has 1 aliphatic heterocycles. The number of fused-ring (bicyclic) bond motifs is 1. The number of amides is 1. The summed E-state index contributed by atoms with van der Waals surface area (Å²) in [5.74, 6) is 0.617. The first-order chi connectivity index (χ1) is 23.4. The standard InChI is InChI=1S/C37H30N8O3/c38-21-25-3-1-4-26(19-25)31-12-13-32-36(41-31)45(35(42-32)30-5-2-14-40-34(30)39)29-10-6-24(7-11-29)22-43-15-17-44(18-16-43)37(48)27-8-9-28(23-46)33(47)20-27/h1-14,19-20,23,47H,15-18,22H2,(H2,39,40). The quantitative estimate of drug-likeness (QED) is 0.229. The highest BCUT2D eigenvalue weighted by atomic mass is 16.3. The smallest absolute Gasteiger partial charge is 0.254 e. The van der Waals surface area contributed by atoms with Crippen molar-refractivity contribution in [3.05, 3.63) is 119 Å². The summed E-state index contributed by atoms with van der Waals surface area (Å²) in [5, 5.41) is 19.4. The monoisotopic (exact) mass is 634 g/mol. The van der Waals surface area contributed by atoms with Crippen molar-refractivity contribution in [2.45, 2.75) is 6.54 Å². The van der Waals surface area contributed by atoms with Crippen molar-refractivity contribution in [2.75, 3.05) is 31.9 Å². The SMILES string of the molecule is N#Cc1cccc(-c2ccc3nc(-c4cccnc4N)n(-c4ccc(CN5CCN(C(=O)c6ccc(C=O)c(O)c6)CC5)cc4)c3n2)c1. The number of imidazole rings is 1. The highest BCUT2D eigenvalue weighted by Crippen LogP contribution is 2.32. The van der Waals surface area contributed by atoms with Gasteiger partial charge in [-0.05, 0) is 72.3 Å². The van der Waals surface area contributed by atoms with Crippen LogP contribution in [0.15, 0.2) is 97.2 Å². The van der Waals surface area contributed by atoms with E-state index in [1.165, 1.54) is 12.1 Å². The van der Waals surface area contributed by atoms with E-state index in [4.69, 9.17) is 15.7 Å². The van der Waals surface area contributed by atoms with Gasteiger partial charge in [0.25, 0.3) is 5.91 Å². The van der Waals surface area contributed by atoms with Crippen LogP contribution in [0.3, 0.4) is 0 Å². The number of aromatic nitrogens is 4. The molecular formula is C37H30N8O3. The Bertz CT molecular complexity index is 2210. The number of anilines is 1. The van der Waals surface area contributed by atoms with Crippen molar-refractivity contribution in [3.8, 4) is 40.2 Å². The Hall–Kier alpha value is -6.38. The number of aromatic hydroxyl groups is 1. The zero-order valence-corrected chi connectivity index (χ0v) is 25.8. The summed E-state index contributed by atoms with van der Waals surface area (Å²) in [6, 6.07) is 29.7. The number of hydrogen-bond acceptors (Lipinski definition) is 9. The van der Waals surface area contributed by atoms with Gasteiger partial charge in [-0.25, -0.2) is 15.0 Å². The number of phenolic OH excluding ortho intramolecular Hbond substituents is 1. The summed E-state index contributed by atoms with van der Waals surface area (Å²) in [5.41, 5.74) is 12.9. The molecule has 0 radical (unpaired) electrons. The van der Waals surface area contributed by atoms with Crippen LogP contribution in [0.25, 0.3) is 39.5 Å². The number of carbonyl (C=O) groups excluding carboxylic acids is 2. The van der Waals surface area contributed by atoms with E-state index < -0.39 is 0 Å². The number of nitrogens with zero attached hydrogens (tertiary/aromatic N) is 7. The van der Waals surface area contributed by atoms with Crippen molar-refractivity contribution in [1.29, 1.82) is 5.26 Å². The molecule has 236 valence electrons. The molecule has 7 rings (SSSR count). The van der Waals surface area contributed by atoms with Gasteiger partial charge in [0, 0.05) is 55.7 Å². The zero-order chi connectivity index (χ0) is 33.2. The van der Waals surface area contributed by atoms with Gasteiger partial charge >= 0.3 is 0 Å². The van der Waals surface area contributed by atoms with Crippen LogP contribution in [0.5, 0.6) is 5.75 Å². The van der Waals surface area contributed by atoms with E-state index in [1.807, 2.05) is 59.2 Å². The molecule has 0 atom stereocenters. The van der Waals surface area contributed by atoms with Crippen molar-refractivity contribution in [1.82, 2.24) is 29.3 Å². The van der Waals surface area contributed by atoms with Gasteiger partial charge in [-0.1, -0.05) is 24.3 Å². The number of aldehydes is 1. The van der Waals surface area contributed by atoms with Gasteiger partial charge in [-0.15, -0.1) is 0 Å². The first kappa shape index (κ1) is 30.3. The molecular weight excluding hydrogens is 604 g/mol. The van der Waals surface area contributed by atoms with Crippen LogP contribution < -0.4 is 5.73 Å². The van der Waals surface area contributed by atoms with E-state index in [9.17, 15) is 20.0 Å². The summed E-state index contributed by atoms with van der Waals surface area (Å²) in [6.07, 6.45) is 2.21. The number of nitriles is 1. The van der Waals surface area contributed by atoms with E-state index in [0.717, 1.165) is 22.5 Å². The van der Waals surface area contributed by atoms with Gasteiger partial charge in [0.2, 0.25) is 0 Å². The molecule has 3 N–H and O–H groups in total. The highest BCUT2D eigenvalue weighted by molar-refractivity contribution is 5.96. The van der Waals surface area contributed by atoms with Gasteiger partial charge in [0.1, 0.15) is 17.1 Å². The average Bonchev–Trinajstić information content (AvgIpc) is 3.50. The molecule has 1 amide bonds. The number of rotatable bonds is 7. The van der Waals surface area contributed by atoms with Gasteiger partial charge in [0.15, 0.2) is 17.8 Å². The molecule has 3 aromatic heterocycles. The lowest BCUT2D eigenvalue weighted by Gasteiger charge is -2.34. The minimum atomic E-state index is -0.195. The maximum Gasteiger partial charge on any atom is 0.254 e. The Kier molecular flexibility index (Phi) is 8.07. The second-order valence-electron chi connectivity index (χ2n) is 11.6. The predicted octanol–water partition coefficient (Wildman–Crippen LogP) is 5.08. The molecule has 11 nitrogen and oxygen atoms in total. The summed E-state index contributed by atoms with van der Waals surface area (Å²) in [7, 11) is 0. The maximum absolute atomic E-state index is 13.0. The molecule has 1 aliphatic rings. The van der Waals surface area contributed by atoms with E-state index in [2.05, 4.69) is 28.1 Å². The molecule has 48 heavy (non-hydrogen) atoms. The molecule has 3 aromatic carbocycles. The lowest BCUT2D eigenvalue weighted by atomic mass is 10.1. The third-order valence-electron chi connectivity index (χ3n) is 8.54. The summed E-state index contributed by atoms with van der Waals surface area (Å²) in [6.45, 7) is 3.21. The Morgan fingerprint density at radius 1 is 0.938 bits per heavy atom. The van der Waals surface area contributed by atoms with Crippen LogP contribution in [0.4, 0.5) is 5.82 Å². The van der Waals surface area contributed by atoms with Gasteiger partial charge < -0.3 is 15.7 Å². The third kappa shape index (κ3) is 5.84. The van der Waals surface area contributed by atoms with Crippen molar-refractivity contribution >= 4 is 29.2 Å². The van der Waals surface area contributed by atoms with E-state index in [-0.39, 0.29) is 17.2 Å². The third-order valence-corrected chi connectivity index (χ3v) is 8.54. The first-order valence-electron chi connectivity index (χ1n) is 15.4. The fourth-order valence-electron chi connectivity index (χ4n) is 5.97. The van der Waals surface area contributed by atoms with Crippen molar-refractivity contribution in [3.63, 3.8) is 0 Å². The average molecular weight is 635 g/mol. The minimum absolute atomic E-state index is 0.157. The zero-order valence-electron chi connectivity index (χ0n) is 25.8. The molecule has 1 fully saturated rings. The van der Waals surface area contributed by atoms with Gasteiger partial charge in [-0.2, -0.15) is 5.26 Å². The normalized spacial score (nSPS) is 13.4. The molecule has 11 heteroatoms. The molecule has 1 saturated heterocycles. The van der Waals surface area contributed by atoms with Gasteiger partial charge in [0.05, 0.1) is 28.5 Å². The topological polar surface area (TPSA) is 154 Å². The molecule has 0 aliphatic carbocycles. The Balaban J connectivity index is 1.13. The minimum Gasteiger partial charge on any atom is -0.507 e. The second-order valence-corrected chi connectivity index (χ2v) is 11.6. The number of benzene rings is 3. The van der Waals surface area contributed by atoms with Crippen molar-refractivity contribution < 1.29 is 14.7 Å². The number of nitrogens with two attached hydrogens (primary N) is 1. The lowest BCUT2D eigenvalue weighted by molar-refractivity contribution is 0.0628. The van der Waals surface area contributed by atoms with E-state index >= 15 is 0 Å². The van der Waals surface area contributed by atoms with Crippen LogP contribution in [0, 0.1) is 11.3 Å². The molecule has 6 aromatic rings. The molecule has 0 spiro atoms. The van der Waals surface area contributed by atoms with Crippen molar-refractivity contribution in [2.24, 2.45) is 0 Å². The van der Waals surface area contributed by atoms with Gasteiger partial charge in [-0.3, -0.25) is 19.1 Å². The van der Waals surface area contributed by atoms with E-state index in [1.54, 1.807) is 23.2 Å². The highest BCUT2D eigenvalue weighted by Gasteiger charge is 2.23. The summed E-state index contributed by atoms with van der Waals surface area (Å²) < 4.78 is 1.98. The number of phenols is 1. The summed E-state index contributed by atoms with van der Waals surface area (Å²) in [4.78, 5) is 42.3. The lowest BCUT2D eigenvalue weighted by Crippen LogP contribution is -2.48. The number of carbonyl (C=O) groups is 2. The first-order valence-corrected chi connectivity index (χ1v) is 15.4. The largest absolute Gasteiger partial charge is 0.507 e. The van der Waals surface area contributed by atoms with E-state index in [0.29, 0.717) is 78.5 Å². The van der Waals surface area contributed by atoms with Crippen LogP contribution in [-0.4, -0.2) is 72.8 Å². The Morgan fingerprint density at radius 2 is 1.75 bits per heavy atom. The number of pyridine rings is 2. The number of hydrogen-bond donors (Lipinski definition) is 2. The fourth-order valence-corrected chi connectivity index (χ4v) is 5.97. The summed E-state index contributed by atoms with van der Waals surface area (Å²) >= 11 is 0. The number of nitrogen functional groups attached to an aromatic ring is 1. The number of piperazine rings is 1. The predicted molar refractivity (Wildman–Crippen MR) is 181 cm³/mol. The molecule has 0 saturated carbocycles. The second kappa shape index (κ2) is 12.8.